The number of carbonyl (C=O) groups excluding carboxylic acids is 1. The molecule has 1 aliphatic rings. The SMILES string of the molecule is CC(C)N(C(=O)CCc1ccc(Cl)s1)C1CCCC1. The van der Waals surface area contributed by atoms with Crippen LogP contribution in [0.15, 0.2) is 12.1 Å². The van der Waals surface area contributed by atoms with Crippen LogP contribution in [0.4, 0.5) is 0 Å². The second kappa shape index (κ2) is 6.76. The van der Waals surface area contributed by atoms with Gasteiger partial charge in [0.15, 0.2) is 0 Å². The Labute approximate surface area is 124 Å². The molecule has 1 heterocycles. The van der Waals surface area contributed by atoms with E-state index in [1.165, 1.54) is 30.6 Å². The third-order valence-corrected chi connectivity index (χ3v) is 5.07. The van der Waals surface area contributed by atoms with Gasteiger partial charge >= 0.3 is 0 Å². The molecule has 106 valence electrons. The molecule has 1 aliphatic carbocycles. The molecule has 0 spiro atoms. The molecule has 0 saturated heterocycles. The van der Waals surface area contributed by atoms with Crippen molar-refractivity contribution in [3.05, 3.63) is 21.3 Å². The van der Waals surface area contributed by atoms with E-state index in [-0.39, 0.29) is 0 Å². The summed E-state index contributed by atoms with van der Waals surface area (Å²) in [7, 11) is 0. The molecule has 19 heavy (non-hydrogen) atoms. The maximum absolute atomic E-state index is 12.4. The largest absolute Gasteiger partial charge is 0.337 e. The molecule has 0 unspecified atom stereocenters. The fraction of sp³-hybridized carbons (Fsp3) is 0.667. The number of nitrogens with zero attached hydrogens (tertiary/aromatic N) is 1. The Kier molecular flexibility index (Phi) is 5.28. The molecule has 1 fully saturated rings. The van der Waals surface area contributed by atoms with Crippen LogP contribution in [-0.2, 0) is 11.2 Å². The second-order valence-corrected chi connectivity index (χ2v) is 7.34. The smallest absolute Gasteiger partial charge is 0.223 e. The molecule has 0 bridgehead atoms. The van der Waals surface area contributed by atoms with Crippen molar-refractivity contribution in [1.29, 1.82) is 0 Å². The Morgan fingerprint density at radius 3 is 2.63 bits per heavy atom. The van der Waals surface area contributed by atoms with Gasteiger partial charge in [-0.1, -0.05) is 24.4 Å². The van der Waals surface area contributed by atoms with Gasteiger partial charge in [0.1, 0.15) is 0 Å². The summed E-state index contributed by atoms with van der Waals surface area (Å²) in [6.45, 7) is 4.25. The van der Waals surface area contributed by atoms with E-state index in [0.29, 0.717) is 24.4 Å². The molecule has 2 rings (SSSR count). The number of carbonyl (C=O) groups is 1. The first-order valence-corrected chi connectivity index (χ1v) is 8.32. The van der Waals surface area contributed by atoms with Gasteiger partial charge in [0.05, 0.1) is 4.34 Å². The minimum Gasteiger partial charge on any atom is -0.337 e. The van der Waals surface area contributed by atoms with Crippen LogP contribution in [0.1, 0.15) is 50.8 Å². The van der Waals surface area contributed by atoms with Crippen LogP contribution in [-0.4, -0.2) is 22.9 Å². The fourth-order valence-corrected chi connectivity index (χ4v) is 4.03. The van der Waals surface area contributed by atoms with Gasteiger partial charge in [0, 0.05) is 23.4 Å². The first kappa shape index (κ1) is 14.9. The van der Waals surface area contributed by atoms with Gasteiger partial charge in [0.25, 0.3) is 0 Å². The summed E-state index contributed by atoms with van der Waals surface area (Å²) in [4.78, 5) is 15.8. The van der Waals surface area contributed by atoms with Crippen LogP contribution in [0, 0.1) is 0 Å². The quantitative estimate of drug-likeness (QED) is 0.783. The van der Waals surface area contributed by atoms with Crippen molar-refractivity contribution >= 4 is 28.8 Å². The van der Waals surface area contributed by atoms with E-state index in [1.54, 1.807) is 11.3 Å². The van der Waals surface area contributed by atoms with Crippen molar-refractivity contribution in [2.75, 3.05) is 0 Å². The Balaban J connectivity index is 1.92. The van der Waals surface area contributed by atoms with Gasteiger partial charge < -0.3 is 4.90 Å². The van der Waals surface area contributed by atoms with E-state index in [4.69, 9.17) is 11.6 Å². The molecule has 1 amide bonds. The lowest BCUT2D eigenvalue weighted by Crippen LogP contribution is -2.43. The first-order chi connectivity index (χ1) is 9.08. The number of amides is 1. The summed E-state index contributed by atoms with van der Waals surface area (Å²) in [6, 6.07) is 4.71. The van der Waals surface area contributed by atoms with Crippen molar-refractivity contribution in [3.8, 4) is 0 Å². The molecule has 0 N–H and O–H groups in total. The lowest BCUT2D eigenvalue weighted by atomic mass is 10.1. The Bertz CT molecular complexity index is 424. The zero-order chi connectivity index (χ0) is 13.8. The van der Waals surface area contributed by atoms with Gasteiger partial charge in [-0.3, -0.25) is 4.79 Å². The molecule has 4 heteroatoms. The number of aryl methyl sites for hydroxylation is 1. The number of rotatable bonds is 5. The molecule has 1 aromatic heterocycles. The maximum atomic E-state index is 12.4. The molecule has 1 aromatic rings. The maximum Gasteiger partial charge on any atom is 0.223 e. The van der Waals surface area contributed by atoms with Crippen LogP contribution in [0.25, 0.3) is 0 Å². The van der Waals surface area contributed by atoms with Crippen molar-refractivity contribution in [3.63, 3.8) is 0 Å². The summed E-state index contributed by atoms with van der Waals surface area (Å²) in [5.41, 5.74) is 0. The van der Waals surface area contributed by atoms with Gasteiger partial charge in [-0.15, -0.1) is 11.3 Å². The van der Waals surface area contributed by atoms with Gasteiger partial charge in [-0.05, 0) is 45.2 Å². The minimum absolute atomic E-state index is 0.298. The van der Waals surface area contributed by atoms with Crippen LogP contribution in [0.3, 0.4) is 0 Å². The Morgan fingerprint density at radius 1 is 1.42 bits per heavy atom. The molecular weight excluding hydrogens is 278 g/mol. The number of halogens is 1. The Hall–Kier alpha value is -0.540. The second-order valence-electron chi connectivity index (χ2n) is 5.54. The van der Waals surface area contributed by atoms with E-state index < -0.39 is 0 Å². The number of thiophene rings is 1. The van der Waals surface area contributed by atoms with Gasteiger partial charge in [-0.2, -0.15) is 0 Å². The molecule has 0 aromatic carbocycles. The highest BCUT2D eigenvalue weighted by Crippen LogP contribution is 2.27. The average Bonchev–Trinajstić information content (AvgIpc) is 2.98. The molecule has 0 atom stereocenters. The predicted octanol–water partition coefficient (Wildman–Crippen LogP) is 4.51. The van der Waals surface area contributed by atoms with E-state index >= 15 is 0 Å². The zero-order valence-corrected chi connectivity index (χ0v) is 13.3. The third-order valence-electron chi connectivity index (χ3n) is 3.78. The first-order valence-electron chi connectivity index (χ1n) is 7.13. The van der Waals surface area contributed by atoms with E-state index in [2.05, 4.69) is 18.7 Å². The highest BCUT2D eigenvalue weighted by atomic mass is 35.5. The Morgan fingerprint density at radius 2 is 2.11 bits per heavy atom. The highest BCUT2D eigenvalue weighted by molar-refractivity contribution is 7.16. The average molecular weight is 300 g/mol. The molecule has 2 nitrogen and oxygen atoms in total. The summed E-state index contributed by atoms with van der Waals surface area (Å²) < 4.78 is 0.805. The standard InChI is InChI=1S/C15H22ClNOS/c1-11(2)17(12-5-3-4-6-12)15(18)10-8-13-7-9-14(16)19-13/h7,9,11-12H,3-6,8,10H2,1-2H3. The number of hydrogen-bond donors (Lipinski definition) is 0. The van der Waals surface area contributed by atoms with Crippen LogP contribution in [0.5, 0.6) is 0 Å². The zero-order valence-electron chi connectivity index (χ0n) is 11.7. The fourth-order valence-electron chi connectivity index (χ4n) is 2.94. The summed E-state index contributed by atoms with van der Waals surface area (Å²) in [6.07, 6.45) is 6.30. The predicted molar refractivity (Wildman–Crippen MR) is 81.9 cm³/mol. The summed E-state index contributed by atoms with van der Waals surface area (Å²) in [5, 5.41) is 0. The van der Waals surface area contributed by atoms with Crippen molar-refractivity contribution in [1.82, 2.24) is 4.90 Å². The van der Waals surface area contributed by atoms with E-state index in [1.807, 2.05) is 12.1 Å². The van der Waals surface area contributed by atoms with Crippen LogP contribution in [0.2, 0.25) is 4.34 Å². The topological polar surface area (TPSA) is 20.3 Å². The highest BCUT2D eigenvalue weighted by Gasteiger charge is 2.28. The van der Waals surface area contributed by atoms with Crippen LogP contribution < -0.4 is 0 Å². The summed E-state index contributed by atoms with van der Waals surface area (Å²) in [5.74, 6) is 0.298. The van der Waals surface area contributed by atoms with Crippen molar-refractivity contribution in [2.24, 2.45) is 0 Å². The third kappa shape index (κ3) is 3.96. The van der Waals surface area contributed by atoms with Gasteiger partial charge in [0.2, 0.25) is 5.91 Å². The molecule has 0 aliphatic heterocycles. The van der Waals surface area contributed by atoms with Crippen LogP contribution >= 0.6 is 22.9 Å². The summed E-state index contributed by atoms with van der Waals surface area (Å²) >= 11 is 7.49. The number of hydrogen-bond acceptors (Lipinski definition) is 2. The normalized spacial score (nSPS) is 16.2. The minimum atomic E-state index is 0.298. The lowest BCUT2D eigenvalue weighted by molar-refractivity contribution is -0.135. The van der Waals surface area contributed by atoms with Crippen molar-refractivity contribution in [2.45, 2.75) is 64.5 Å². The van der Waals surface area contributed by atoms with E-state index in [9.17, 15) is 4.79 Å². The molecular formula is C15H22ClNOS. The van der Waals surface area contributed by atoms with E-state index in [0.717, 1.165) is 10.8 Å². The van der Waals surface area contributed by atoms with Crippen molar-refractivity contribution < 1.29 is 4.79 Å². The molecule has 0 radical (unpaired) electrons. The lowest BCUT2D eigenvalue weighted by Gasteiger charge is -2.33. The van der Waals surface area contributed by atoms with Gasteiger partial charge in [-0.25, -0.2) is 0 Å². The monoisotopic (exact) mass is 299 g/mol. The molecule has 1 saturated carbocycles.